The van der Waals surface area contributed by atoms with Crippen molar-refractivity contribution >= 4 is 21.8 Å². The Morgan fingerprint density at radius 3 is 2.68 bits per heavy atom. The van der Waals surface area contributed by atoms with Crippen LogP contribution in [0.15, 0.2) is 40.9 Å². The molecule has 0 saturated heterocycles. The van der Waals surface area contributed by atoms with Gasteiger partial charge in [-0.2, -0.15) is 8.78 Å². The Labute approximate surface area is 151 Å². The number of alkyl halides is 2. The second-order valence-corrected chi connectivity index (χ2v) is 5.82. The van der Waals surface area contributed by atoms with Crippen LogP contribution in [0.25, 0.3) is 0 Å². The summed E-state index contributed by atoms with van der Waals surface area (Å²) in [5, 5.41) is 2.62. The minimum Gasteiger partial charge on any atom is -0.493 e. The van der Waals surface area contributed by atoms with Crippen molar-refractivity contribution in [3.8, 4) is 11.5 Å². The lowest BCUT2D eigenvalue weighted by Crippen LogP contribution is -2.26. The number of amides is 1. The van der Waals surface area contributed by atoms with E-state index in [0.717, 1.165) is 5.56 Å². The summed E-state index contributed by atoms with van der Waals surface area (Å²) in [5.41, 5.74) is 0.753. The Morgan fingerprint density at radius 1 is 1.28 bits per heavy atom. The summed E-state index contributed by atoms with van der Waals surface area (Å²) in [4.78, 5) is 12.3. The predicted octanol–water partition coefficient (Wildman–Crippen LogP) is 4.17. The molecule has 4 nitrogen and oxygen atoms in total. The second-order valence-electron chi connectivity index (χ2n) is 4.97. The van der Waals surface area contributed by atoms with E-state index in [9.17, 15) is 18.0 Å². The number of hydrogen-bond acceptors (Lipinski definition) is 3. The molecule has 0 aliphatic heterocycles. The van der Waals surface area contributed by atoms with Gasteiger partial charge in [-0.25, -0.2) is 4.39 Å². The highest BCUT2D eigenvalue weighted by molar-refractivity contribution is 9.10. The van der Waals surface area contributed by atoms with Gasteiger partial charge in [0.05, 0.1) is 17.1 Å². The van der Waals surface area contributed by atoms with Crippen molar-refractivity contribution in [2.45, 2.75) is 13.0 Å². The van der Waals surface area contributed by atoms with Gasteiger partial charge in [0, 0.05) is 6.54 Å². The summed E-state index contributed by atoms with van der Waals surface area (Å²) >= 11 is 3.09. The first-order valence-electron chi connectivity index (χ1n) is 7.26. The van der Waals surface area contributed by atoms with Crippen molar-refractivity contribution < 1.29 is 27.4 Å². The van der Waals surface area contributed by atoms with Crippen LogP contribution in [0.4, 0.5) is 13.2 Å². The molecular formula is C17H15BrF3NO3. The zero-order valence-electron chi connectivity index (χ0n) is 13.2. The first-order chi connectivity index (χ1) is 11.9. The summed E-state index contributed by atoms with van der Waals surface area (Å²) in [6.45, 7) is -2.85. The van der Waals surface area contributed by atoms with E-state index in [4.69, 9.17) is 4.74 Å². The SMILES string of the molecule is COc1cccc(C(=O)NCCc2ccc(F)c(Br)c2)c1OC(F)F. The van der Waals surface area contributed by atoms with Gasteiger partial charge in [-0.3, -0.25) is 4.79 Å². The van der Waals surface area contributed by atoms with Crippen LogP contribution in [0.2, 0.25) is 0 Å². The Balaban J connectivity index is 2.06. The van der Waals surface area contributed by atoms with E-state index in [1.165, 1.54) is 31.4 Å². The highest BCUT2D eigenvalue weighted by Gasteiger charge is 2.20. The molecule has 2 aromatic carbocycles. The van der Waals surface area contributed by atoms with Crippen LogP contribution < -0.4 is 14.8 Å². The lowest BCUT2D eigenvalue weighted by Gasteiger charge is -2.14. The van der Waals surface area contributed by atoms with Crippen LogP contribution >= 0.6 is 15.9 Å². The molecule has 0 unspecified atom stereocenters. The number of halogens is 4. The summed E-state index contributed by atoms with van der Waals surface area (Å²) in [5.74, 6) is -1.23. The van der Waals surface area contributed by atoms with Gasteiger partial charge in [-0.05, 0) is 52.2 Å². The van der Waals surface area contributed by atoms with Crippen molar-refractivity contribution in [3.05, 3.63) is 57.8 Å². The van der Waals surface area contributed by atoms with Gasteiger partial charge < -0.3 is 14.8 Å². The first-order valence-corrected chi connectivity index (χ1v) is 8.05. The molecule has 0 atom stereocenters. The summed E-state index contributed by atoms with van der Waals surface area (Å²) in [7, 11) is 1.29. The molecule has 0 bridgehead atoms. The van der Waals surface area contributed by atoms with E-state index in [1.54, 1.807) is 12.1 Å². The molecule has 2 rings (SSSR count). The lowest BCUT2D eigenvalue weighted by atomic mass is 10.1. The molecule has 0 radical (unpaired) electrons. The van der Waals surface area contributed by atoms with E-state index in [1.807, 2.05) is 0 Å². The Kier molecular flexibility index (Phi) is 6.69. The molecule has 0 aromatic heterocycles. The minimum atomic E-state index is -3.08. The van der Waals surface area contributed by atoms with Gasteiger partial charge in [-0.15, -0.1) is 0 Å². The molecular weight excluding hydrogens is 403 g/mol. The van der Waals surface area contributed by atoms with Crippen LogP contribution in [0, 0.1) is 5.82 Å². The fourth-order valence-corrected chi connectivity index (χ4v) is 2.60. The van der Waals surface area contributed by atoms with Crippen molar-refractivity contribution in [1.29, 1.82) is 0 Å². The maximum Gasteiger partial charge on any atom is 0.387 e. The average molecular weight is 418 g/mol. The van der Waals surface area contributed by atoms with E-state index in [2.05, 4.69) is 26.0 Å². The number of methoxy groups -OCH3 is 1. The number of nitrogens with one attached hydrogen (secondary N) is 1. The molecule has 1 amide bonds. The van der Waals surface area contributed by atoms with Gasteiger partial charge >= 0.3 is 6.61 Å². The summed E-state index contributed by atoms with van der Waals surface area (Å²) in [6, 6.07) is 8.82. The largest absolute Gasteiger partial charge is 0.493 e. The van der Waals surface area contributed by atoms with Crippen LogP contribution in [0.1, 0.15) is 15.9 Å². The van der Waals surface area contributed by atoms with Crippen molar-refractivity contribution in [2.75, 3.05) is 13.7 Å². The Morgan fingerprint density at radius 2 is 2.04 bits per heavy atom. The zero-order chi connectivity index (χ0) is 18.4. The molecule has 134 valence electrons. The number of para-hydroxylation sites is 1. The zero-order valence-corrected chi connectivity index (χ0v) is 14.8. The average Bonchev–Trinajstić information content (AvgIpc) is 2.57. The van der Waals surface area contributed by atoms with E-state index in [-0.39, 0.29) is 29.4 Å². The van der Waals surface area contributed by atoms with E-state index in [0.29, 0.717) is 10.9 Å². The quantitative estimate of drug-likeness (QED) is 0.735. The first kappa shape index (κ1) is 19.1. The highest BCUT2D eigenvalue weighted by Crippen LogP contribution is 2.32. The van der Waals surface area contributed by atoms with Gasteiger partial charge in [0.25, 0.3) is 5.91 Å². The van der Waals surface area contributed by atoms with Gasteiger partial charge in [0.15, 0.2) is 11.5 Å². The fourth-order valence-electron chi connectivity index (χ4n) is 2.18. The molecule has 2 aromatic rings. The second kappa shape index (κ2) is 8.75. The third-order valence-corrected chi connectivity index (χ3v) is 3.94. The van der Waals surface area contributed by atoms with Gasteiger partial charge in [-0.1, -0.05) is 12.1 Å². The summed E-state index contributed by atoms with van der Waals surface area (Å²) < 4.78 is 48.0. The molecule has 0 spiro atoms. The molecule has 0 saturated carbocycles. The number of carbonyl (C=O) groups is 1. The van der Waals surface area contributed by atoms with Gasteiger partial charge in [0.2, 0.25) is 0 Å². The van der Waals surface area contributed by atoms with Crippen LogP contribution in [-0.4, -0.2) is 26.2 Å². The normalized spacial score (nSPS) is 10.6. The highest BCUT2D eigenvalue weighted by atomic mass is 79.9. The molecule has 0 fully saturated rings. The molecule has 25 heavy (non-hydrogen) atoms. The number of carbonyl (C=O) groups excluding carboxylic acids is 1. The molecule has 8 heteroatoms. The van der Waals surface area contributed by atoms with Crippen molar-refractivity contribution in [2.24, 2.45) is 0 Å². The smallest absolute Gasteiger partial charge is 0.387 e. The lowest BCUT2D eigenvalue weighted by molar-refractivity contribution is -0.0515. The van der Waals surface area contributed by atoms with Crippen molar-refractivity contribution in [1.82, 2.24) is 5.32 Å². The van der Waals surface area contributed by atoms with Crippen molar-refractivity contribution in [3.63, 3.8) is 0 Å². The van der Waals surface area contributed by atoms with E-state index >= 15 is 0 Å². The number of hydrogen-bond donors (Lipinski definition) is 1. The fraction of sp³-hybridized carbons (Fsp3) is 0.235. The van der Waals surface area contributed by atoms with Crippen LogP contribution in [0.5, 0.6) is 11.5 Å². The van der Waals surface area contributed by atoms with Gasteiger partial charge in [0.1, 0.15) is 5.82 Å². The Hall–Kier alpha value is -2.22. The maximum absolute atomic E-state index is 13.2. The summed E-state index contributed by atoms with van der Waals surface area (Å²) in [6.07, 6.45) is 0.444. The number of benzene rings is 2. The molecule has 0 aliphatic rings. The third kappa shape index (κ3) is 5.12. The topological polar surface area (TPSA) is 47.6 Å². The Bertz CT molecular complexity index is 756. The predicted molar refractivity (Wildman–Crippen MR) is 89.8 cm³/mol. The van der Waals surface area contributed by atoms with E-state index < -0.39 is 12.5 Å². The minimum absolute atomic E-state index is 0.0374. The maximum atomic E-state index is 13.2. The molecule has 0 heterocycles. The van der Waals surface area contributed by atoms with Crippen LogP contribution in [-0.2, 0) is 6.42 Å². The van der Waals surface area contributed by atoms with Crippen LogP contribution in [0.3, 0.4) is 0 Å². The standard InChI is InChI=1S/C17H15BrF3NO3/c1-24-14-4-2-3-11(15(14)25-17(20)21)16(23)22-8-7-10-5-6-13(19)12(18)9-10/h2-6,9,17H,7-8H2,1H3,(H,22,23). The third-order valence-electron chi connectivity index (χ3n) is 3.33. The monoisotopic (exact) mass is 417 g/mol. The number of rotatable bonds is 7. The number of ether oxygens (including phenoxy) is 2. The molecule has 1 N–H and O–H groups in total. The molecule has 0 aliphatic carbocycles.